The van der Waals surface area contributed by atoms with Gasteiger partial charge >= 0.3 is 0 Å². The van der Waals surface area contributed by atoms with Gasteiger partial charge in [0.05, 0.1) is 33.9 Å². The van der Waals surface area contributed by atoms with Crippen molar-refractivity contribution in [3.8, 4) is 17.5 Å². The zero-order valence-electron chi connectivity index (χ0n) is 20.5. The van der Waals surface area contributed by atoms with Gasteiger partial charge in [-0.1, -0.05) is 29.7 Å². The molecule has 2 aromatic carbocycles. The van der Waals surface area contributed by atoms with Gasteiger partial charge in [-0.2, -0.15) is 0 Å². The maximum atomic E-state index is 13.8. The largest absolute Gasteiger partial charge is 0.382 e. The van der Waals surface area contributed by atoms with Gasteiger partial charge in [0.15, 0.2) is 0 Å². The molecule has 0 radical (unpaired) electrons. The Morgan fingerprint density at radius 2 is 1.92 bits per heavy atom. The molecule has 1 atom stereocenters. The number of carbonyl (C=O) groups is 1. The van der Waals surface area contributed by atoms with E-state index in [1.165, 1.54) is 29.4 Å². The zero-order valence-corrected chi connectivity index (χ0v) is 21.2. The number of halogens is 1. The molecule has 0 aliphatic rings. The predicted octanol–water partition coefficient (Wildman–Crippen LogP) is 2.87. The molecule has 0 aliphatic carbocycles. The summed E-state index contributed by atoms with van der Waals surface area (Å²) in [6.07, 6.45) is 5.89. The third-order valence-electron chi connectivity index (χ3n) is 5.76. The highest BCUT2D eigenvalue weighted by Gasteiger charge is 2.21. The highest BCUT2D eigenvalue weighted by molar-refractivity contribution is 6.35. The standard InChI is InChI=1S/C27H20ClN9O2/c1-15(35-25-19(23(29)33-14-34-25)9-8-17-13-31-10-11-32-17)26-36-21-7-3-6-20(28)22(21)27(39)37(26)18-5-2-4-16(12-18)24(30)38/h2-7,10-15H,1H3,(H2,30,38)(H3,29,33,34,35). The first kappa shape index (κ1) is 25.3. The number of nitrogens with zero attached hydrogens (tertiary/aromatic N) is 6. The van der Waals surface area contributed by atoms with Gasteiger partial charge in [-0.25, -0.2) is 19.9 Å². The highest BCUT2D eigenvalue weighted by Crippen LogP contribution is 2.26. The molecule has 3 aromatic heterocycles. The van der Waals surface area contributed by atoms with E-state index in [9.17, 15) is 9.59 Å². The Hall–Kier alpha value is -5.34. The van der Waals surface area contributed by atoms with Crippen molar-refractivity contribution in [2.75, 3.05) is 11.1 Å². The van der Waals surface area contributed by atoms with Gasteiger partial charge in [-0.15, -0.1) is 0 Å². The van der Waals surface area contributed by atoms with Crippen LogP contribution in [0.25, 0.3) is 16.6 Å². The second-order valence-electron chi connectivity index (χ2n) is 8.35. The third-order valence-corrected chi connectivity index (χ3v) is 6.07. The summed E-state index contributed by atoms with van der Waals surface area (Å²) in [5, 5.41) is 3.73. The van der Waals surface area contributed by atoms with E-state index in [0.717, 1.165) is 0 Å². The van der Waals surface area contributed by atoms with E-state index in [-0.39, 0.29) is 21.8 Å². The first-order valence-corrected chi connectivity index (χ1v) is 12.0. The summed E-state index contributed by atoms with van der Waals surface area (Å²) in [6, 6.07) is 10.8. The number of fused-ring (bicyclic) bond motifs is 1. The molecule has 0 fully saturated rings. The molecular weight excluding hydrogens is 518 g/mol. The van der Waals surface area contributed by atoms with Crippen molar-refractivity contribution >= 4 is 40.0 Å². The molecule has 39 heavy (non-hydrogen) atoms. The van der Waals surface area contributed by atoms with Crippen molar-refractivity contribution in [3.05, 3.63) is 105 Å². The predicted molar refractivity (Wildman–Crippen MR) is 147 cm³/mol. The number of anilines is 2. The van der Waals surface area contributed by atoms with Crippen LogP contribution in [0.5, 0.6) is 0 Å². The van der Waals surface area contributed by atoms with Crippen LogP contribution in [-0.4, -0.2) is 35.4 Å². The summed E-state index contributed by atoms with van der Waals surface area (Å²) in [6.45, 7) is 1.80. The first-order valence-electron chi connectivity index (χ1n) is 11.6. The van der Waals surface area contributed by atoms with E-state index in [1.54, 1.807) is 49.5 Å². The van der Waals surface area contributed by atoms with Gasteiger partial charge in [0.25, 0.3) is 5.56 Å². The van der Waals surface area contributed by atoms with Crippen LogP contribution in [0.15, 0.2) is 72.2 Å². The molecule has 0 aliphatic heterocycles. The van der Waals surface area contributed by atoms with Crippen molar-refractivity contribution in [1.29, 1.82) is 0 Å². The van der Waals surface area contributed by atoms with Gasteiger partial charge in [0.1, 0.15) is 35.0 Å². The second kappa shape index (κ2) is 10.6. The summed E-state index contributed by atoms with van der Waals surface area (Å²) in [7, 11) is 0. The smallest absolute Gasteiger partial charge is 0.267 e. The minimum atomic E-state index is -0.632. The number of nitrogens with two attached hydrogens (primary N) is 2. The Morgan fingerprint density at radius 1 is 1.10 bits per heavy atom. The van der Waals surface area contributed by atoms with Crippen molar-refractivity contribution < 1.29 is 4.79 Å². The van der Waals surface area contributed by atoms with E-state index in [2.05, 4.69) is 37.1 Å². The normalized spacial score (nSPS) is 11.4. The number of aromatic nitrogens is 6. The number of hydrogen-bond donors (Lipinski definition) is 3. The zero-order chi connectivity index (χ0) is 27.5. The molecule has 3 heterocycles. The fourth-order valence-electron chi connectivity index (χ4n) is 3.94. The second-order valence-corrected chi connectivity index (χ2v) is 8.76. The molecule has 1 unspecified atom stereocenters. The lowest BCUT2D eigenvalue weighted by atomic mass is 10.1. The molecule has 0 saturated carbocycles. The molecule has 5 rings (SSSR count). The molecule has 5 aromatic rings. The quantitative estimate of drug-likeness (QED) is 0.285. The van der Waals surface area contributed by atoms with E-state index in [4.69, 9.17) is 28.1 Å². The van der Waals surface area contributed by atoms with E-state index < -0.39 is 17.5 Å². The lowest BCUT2D eigenvalue weighted by Gasteiger charge is -2.21. The fourth-order valence-corrected chi connectivity index (χ4v) is 4.19. The van der Waals surface area contributed by atoms with Crippen LogP contribution in [-0.2, 0) is 0 Å². The van der Waals surface area contributed by atoms with Crippen LogP contribution in [0.4, 0.5) is 11.6 Å². The van der Waals surface area contributed by atoms with Gasteiger partial charge < -0.3 is 16.8 Å². The number of carbonyl (C=O) groups excluding carboxylic acids is 1. The van der Waals surface area contributed by atoms with Crippen LogP contribution >= 0.6 is 11.6 Å². The maximum Gasteiger partial charge on any atom is 0.267 e. The van der Waals surface area contributed by atoms with Crippen LogP contribution in [0.1, 0.15) is 40.4 Å². The molecule has 0 bridgehead atoms. The number of amides is 1. The van der Waals surface area contributed by atoms with Gasteiger partial charge in [-0.05, 0) is 43.2 Å². The Labute approximate surface area is 226 Å². The van der Waals surface area contributed by atoms with Crippen LogP contribution in [0.2, 0.25) is 5.02 Å². The van der Waals surface area contributed by atoms with Crippen molar-refractivity contribution in [2.45, 2.75) is 13.0 Å². The topological polar surface area (TPSA) is 168 Å². The van der Waals surface area contributed by atoms with Gasteiger partial charge in [0, 0.05) is 18.0 Å². The number of primary amides is 1. The minimum absolute atomic E-state index is 0.154. The number of benzene rings is 2. The monoisotopic (exact) mass is 537 g/mol. The Bertz CT molecular complexity index is 1850. The number of nitrogen functional groups attached to an aromatic ring is 1. The van der Waals surface area contributed by atoms with E-state index >= 15 is 0 Å². The summed E-state index contributed by atoms with van der Waals surface area (Å²) in [5.41, 5.74) is 13.0. The van der Waals surface area contributed by atoms with Crippen LogP contribution in [0, 0.1) is 11.8 Å². The van der Waals surface area contributed by atoms with Crippen LogP contribution < -0.4 is 22.3 Å². The molecule has 11 nitrogen and oxygen atoms in total. The SMILES string of the molecule is CC(Nc1ncnc(N)c1C#Cc1cnccn1)c1nc2cccc(Cl)c2c(=O)n1-c1cccc(C(N)=O)c1. The van der Waals surface area contributed by atoms with Crippen molar-refractivity contribution in [1.82, 2.24) is 29.5 Å². The Kier molecular flexibility index (Phi) is 6.86. The highest BCUT2D eigenvalue weighted by atomic mass is 35.5. The summed E-state index contributed by atoms with van der Waals surface area (Å²) in [4.78, 5) is 46.9. The minimum Gasteiger partial charge on any atom is -0.382 e. The van der Waals surface area contributed by atoms with Crippen LogP contribution in [0.3, 0.4) is 0 Å². The number of rotatable bonds is 5. The lowest BCUT2D eigenvalue weighted by molar-refractivity contribution is 0.1000. The van der Waals surface area contributed by atoms with Crippen molar-refractivity contribution in [2.24, 2.45) is 5.73 Å². The molecule has 1 amide bonds. The summed E-state index contributed by atoms with van der Waals surface area (Å²) < 4.78 is 1.38. The van der Waals surface area contributed by atoms with E-state index in [0.29, 0.717) is 34.1 Å². The van der Waals surface area contributed by atoms with E-state index in [1.807, 2.05) is 0 Å². The number of nitrogens with one attached hydrogen (secondary N) is 1. The van der Waals surface area contributed by atoms with Gasteiger partial charge in [-0.3, -0.25) is 19.1 Å². The summed E-state index contributed by atoms with van der Waals surface area (Å²) in [5.74, 6) is 6.01. The van der Waals surface area contributed by atoms with Crippen molar-refractivity contribution in [3.63, 3.8) is 0 Å². The average molecular weight is 538 g/mol. The third kappa shape index (κ3) is 5.09. The molecular formula is C27H20ClN9O2. The number of hydrogen-bond acceptors (Lipinski definition) is 9. The first-order chi connectivity index (χ1) is 18.8. The fraction of sp³-hybridized carbons (Fsp3) is 0.0741. The lowest BCUT2D eigenvalue weighted by Crippen LogP contribution is -2.28. The summed E-state index contributed by atoms with van der Waals surface area (Å²) >= 11 is 6.39. The Balaban J connectivity index is 1.65. The molecule has 5 N–H and O–H groups in total. The molecule has 0 saturated heterocycles. The molecule has 192 valence electrons. The van der Waals surface area contributed by atoms with Gasteiger partial charge in [0.2, 0.25) is 5.91 Å². The maximum absolute atomic E-state index is 13.8. The average Bonchev–Trinajstić information content (AvgIpc) is 2.93. The Morgan fingerprint density at radius 3 is 2.69 bits per heavy atom. The molecule has 12 heteroatoms. The molecule has 0 spiro atoms.